The Hall–Kier alpha value is -1.74. The largest absolute Gasteiger partial charge is 0.330 e. The molecule has 2 aromatic rings. The maximum Gasteiger partial charge on any atom is 0.129 e. The lowest BCUT2D eigenvalue weighted by atomic mass is 9.92. The maximum atomic E-state index is 13.5. The van der Waals surface area contributed by atoms with Crippen molar-refractivity contribution in [1.82, 2.24) is 0 Å². The highest BCUT2D eigenvalue weighted by atomic mass is 19.1. The zero-order valence-electron chi connectivity index (χ0n) is 10.7. The second-order valence-corrected chi connectivity index (χ2v) is 4.62. The van der Waals surface area contributed by atoms with Crippen LogP contribution in [-0.2, 0) is 6.42 Å². The van der Waals surface area contributed by atoms with Crippen LogP contribution in [0, 0.1) is 11.6 Å². The van der Waals surface area contributed by atoms with E-state index < -0.39 is 11.6 Å². The minimum atomic E-state index is -0.542. The van der Waals surface area contributed by atoms with E-state index in [1.54, 1.807) is 0 Å². The first-order chi connectivity index (χ1) is 9.20. The van der Waals surface area contributed by atoms with E-state index in [1.807, 2.05) is 30.3 Å². The van der Waals surface area contributed by atoms with Crippen LogP contribution in [0.4, 0.5) is 8.78 Å². The van der Waals surface area contributed by atoms with Crippen LogP contribution in [0.3, 0.4) is 0 Å². The highest BCUT2D eigenvalue weighted by Gasteiger charge is 2.11. The lowest BCUT2D eigenvalue weighted by Gasteiger charge is -2.15. The molecule has 2 aromatic carbocycles. The third-order valence-electron chi connectivity index (χ3n) is 3.33. The van der Waals surface area contributed by atoms with Crippen LogP contribution in [0.25, 0.3) is 0 Å². The molecule has 0 aliphatic rings. The van der Waals surface area contributed by atoms with Crippen LogP contribution in [0.5, 0.6) is 0 Å². The monoisotopic (exact) mass is 261 g/mol. The quantitative estimate of drug-likeness (QED) is 0.873. The van der Waals surface area contributed by atoms with Crippen LogP contribution >= 0.6 is 0 Å². The fourth-order valence-electron chi connectivity index (χ4n) is 2.20. The van der Waals surface area contributed by atoms with Gasteiger partial charge in [0.1, 0.15) is 11.6 Å². The molecule has 2 N–H and O–H groups in total. The van der Waals surface area contributed by atoms with Crippen LogP contribution in [-0.4, -0.2) is 6.54 Å². The Bertz CT molecular complexity index is 526. The summed E-state index contributed by atoms with van der Waals surface area (Å²) in [5.74, 6) is -0.825. The van der Waals surface area contributed by atoms with Crippen LogP contribution in [0.15, 0.2) is 48.5 Å². The average Bonchev–Trinajstić information content (AvgIpc) is 2.43. The second-order valence-electron chi connectivity index (χ2n) is 4.62. The Kier molecular flexibility index (Phi) is 4.63. The summed E-state index contributed by atoms with van der Waals surface area (Å²) in [7, 11) is 0. The molecule has 1 nitrogen and oxygen atoms in total. The molecule has 3 heteroatoms. The number of aryl methyl sites for hydroxylation is 1. The van der Waals surface area contributed by atoms with Gasteiger partial charge in [0.2, 0.25) is 0 Å². The predicted octanol–water partition coefficient (Wildman–Crippen LogP) is 3.64. The fourth-order valence-corrected chi connectivity index (χ4v) is 2.20. The van der Waals surface area contributed by atoms with Gasteiger partial charge < -0.3 is 5.73 Å². The van der Waals surface area contributed by atoms with Gasteiger partial charge in [-0.25, -0.2) is 8.78 Å². The smallest absolute Gasteiger partial charge is 0.129 e. The first kappa shape index (κ1) is 13.7. The van der Waals surface area contributed by atoms with E-state index in [1.165, 1.54) is 12.1 Å². The Morgan fingerprint density at radius 3 is 2.37 bits per heavy atom. The van der Waals surface area contributed by atoms with Gasteiger partial charge in [-0.3, -0.25) is 0 Å². The van der Waals surface area contributed by atoms with Crippen molar-refractivity contribution in [3.05, 3.63) is 71.3 Å². The second kappa shape index (κ2) is 6.43. The summed E-state index contributed by atoms with van der Waals surface area (Å²) in [6.45, 7) is 0.521. The molecule has 0 heterocycles. The fraction of sp³-hybridized carbons (Fsp3) is 0.250. The number of halogens is 2. The van der Waals surface area contributed by atoms with Crippen molar-refractivity contribution in [2.75, 3.05) is 6.54 Å². The summed E-state index contributed by atoms with van der Waals surface area (Å²) in [6, 6.07) is 13.7. The molecule has 1 unspecified atom stereocenters. The number of nitrogens with two attached hydrogens (primary N) is 1. The zero-order chi connectivity index (χ0) is 13.7. The van der Waals surface area contributed by atoms with Crippen molar-refractivity contribution < 1.29 is 8.78 Å². The molecule has 0 spiro atoms. The lowest BCUT2D eigenvalue weighted by molar-refractivity contribution is 0.559. The molecule has 0 saturated heterocycles. The van der Waals surface area contributed by atoms with E-state index >= 15 is 0 Å². The number of benzene rings is 2. The first-order valence-corrected chi connectivity index (χ1v) is 6.39. The minimum Gasteiger partial charge on any atom is -0.330 e. The SMILES string of the molecule is NCC(CCc1ccc(F)cc1F)c1ccccc1. The van der Waals surface area contributed by atoms with Crippen LogP contribution < -0.4 is 5.73 Å². The molecule has 0 amide bonds. The normalized spacial score (nSPS) is 12.4. The maximum absolute atomic E-state index is 13.5. The number of hydrogen-bond donors (Lipinski definition) is 1. The number of hydrogen-bond acceptors (Lipinski definition) is 1. The van der Waals surface area contributed by atoms with Crippen molar-refractivity contribution >= 4 is 0 Å². The molecule has 100 valence electrons. The molecule has 2 rings (SSSR count). The van der Waals surface area contributed by atoms with Crippen molar-refractivity contribution in [3.8, 4) is 0 Å². The van der Waals surface area contributed by atoms with Crippen molar-refractivity contribution in [2.24, 2.45) is 5.73 Å². The number of rotatable bonds is 5. The molecule has 0 aliphatic heterocycles. The van der Waals surface area contributed by atoms with E-state index in [0.29, 0.717) is 18.5 Å². The summed E-state index contributed by atoms with van der Waals surface area (Å²) in [5.41, 5.74) is 7.47. The molecular weight excluding hydrogens is 244 g/mol. The Balaban J connectivity index is 2.04. The zero-order valence-corrected chi connectivity index (χ0v) is 10.7. The van der Waals surface area contributed by atoms with Gasteiger partial charge in [0.25, 0.3) is 0 Å². The van der Waals surface area contributed by atoms with Crippen LogP contribution in [0.1, 0.15) is 23.5 Å². The Labute approximate surface area is 112 Å². The molecule has 0 aliphatic carbocycles. The molecule has 0 radical (unpaired) electrons. The van der Waals surface area contributed by atoms with Gasteiger partial charge in [0, 0.05) is 6.07 Å². The van der Waals surface area contributed by atoms with Gasteiger partial charge >= 0.3 is 0 Å². The average molecular weight is 261 g/mol. The highest BCUT2D eigenvalue weighted by Crippen LogP contribution is 2.21. The van der Waals surface area contributed by atoms with Gasteiger partial charge in [-0.2, -0.15) is 0 Å². The third kappa shape index (κ3) is 3.61. The Morgan fingerprint density at radius 2 is 1.74 bits per heavy atom. The summed E-state index contributed by atoms with van der Waals surface area (Å²) in [6.07, 6.45) is 1.31. The topological polar surface area (TPSA) is 26.0 Å². The van der Waals surface area contributed by atoms with E-state index in [4.69, 9.17) is 5.73 Å². The predicted molar refractivity (Wildman–Crippen MR) is 72.9 cm³/mol. The van der Waals surface area contributed by atoms with Crippen molar-refractivity contribution in [3.63, 3.8) is 0 Å². The van der Waals surface area contributed by atoms with E-state index in [0.717, 1.165) is 18.1 Å². The third-order valence-corrected chi connectivity index (χ3v) is 3.33. The molecule has 0 bridgehead atoms. The van der Waals surface area contributed by atoms with E-state index in [2.05, 4.69) is 0 Å². The summed E-state index contributed by atoms with van der Waals surface area (Å²) in [5, 5.41) is 0. The minimum absolute atomic E-state index is 0.200. The molecule has 0 aromatic heterocycles. The van der Waals surface area contributed by atoms with Crippen molar-refractivity contribution in [1.29, 1.82) is 0 Å². The summed E-state index contributed by atoms with van der Waals surface area (Å²) < 4.78 is 26.4. The first-order valence-electron chi connectivity index (χ1n) is 6.39. The van der Waals surface area contributed by atoms with Crippen molar-refractivity contribution in [2.45, 2.75) is 18.8 Å². The van der Waals surface area contributed by atoms with Crippen LogP contribution in [0.2, 0.25) is 0 Å². The standard InChI is InChI=1S/C16H17F2N/c17-15-9-8-13(16(18)10-15)6-7-14(11-19)12-4-2-1-3-5-12/h1-5,8-10,14H,6-7,11,19H2. The van der Waals surface area contributed by atoms with Gasteiger partial charge in [0.15, 0.2) is 0 Å². The highest BCUT2D eigenvalue weighted by molar-refractivity contribution is 5.22. The molecule has 19 heavy (non-hydrogen) atoms. The molecule has 0 saturated carbocycles. The molecule has 1 atom stereocenters. The lowest BCUT2D eigenvalue weighted by Crippen LogP contribution is -2.13. The van der Waals surface area contributed by atoms with E-state index in [9.17, 15) is 8.78 Å². The molecule has 0 fully saturated rings. The summed E-state index contributed by atoms with van der Waals surface area (Å²) in [4.78, 5) is 0. The molecular formula is C16H17F2N. The van der Waals surface area contributed by atoms with Gasteiger partial charge in [-0.1, -0.05) is 36.4 Å². The van der Waals surface area contributed by atoms with Gasteiger partial charge in [-0.15, -0.1) is 0 Å². The van der Waals surface area contributed by atoms with E-state index in [-0.39, 0.29) is 5.92 Å². The van der Waals surface area contributed by atoms with Gasteiger partial charge in [-0.05, 0) is 42.5 Å². The summed E-state index contributed by atoms with van der Waals surface area (Å²) >= 11 is 0. The Morgan fingerprint density at radius 1 is 1.00 bits per heavy atom. The van der Waals surface area contributed by atoms with Gasteiger partial charge in [0.05, 0.1) is 0 Å².